The maximum Gasteiger partial charge on any atom is 0.338 e. The smallest absolute Gasteiger partial charge is 0.338 e. The molecule has 2 atom stereocenters. The molecule has 4 rings (SSSR count). The van der Waals surface area contributed by atoms with Crippen LogP contribution < -0.4 is 0 Å². The van der Waals surface area contributed by atoms with Crippen molar-refractivity contribution in [2.24, 2.45) is 16.1 Å². The largest absolute Gasteiger partial charge is 0.462 e. The summed E-state index contributed by atoms with van der Waals surface area (Å²) in [5, 5.41) is 8.60. The maximum absolute atomic E-state index is 13.6. The van der Waals surface area contributed by atoms with Crippen LogP contribution in [-0.2, 0) is 16.7 Å². The molecular weight excluding hydrogens is 316 g/mol. The first-order valence-electron chi connectivity index (χ1n) is 8.46. The van der Waals surface area contributed by atoms with Crippen molar-refractivity contribution >= 4 is 11.8 Å². The lowest BCUT2D eigenvalue weighted by Crippen LogP contribution is -2.37. The van der Waals surface area contributed by atoms with Crippen LogP contribution >= 0.6 is 0 Å². The molecule has 2 aromatic carbocycles. The van der Waals surface area contributed by atoms with Crippen molar-refractivity contribution < 1.29 is 14.3 Å². The van der Waals surface area contributed by atoms with Gasteiger partial charge in [0.25, 0.3) is 0 Å². The molecule has 0 fully saturated rings. The lowest BCUT2D eigenvalue weighted by molar-refractivity contribution is 0.0521. The molecule has 0 N–H and O–H groups in total. The fraction of sp³-hybridized carbons (Fsp3) is 0.300. The molecule has 5 heteroatoms. The highest BCUT2D eigenvalue weighted by atomic mass is 16.5. The highest BCUT2D eigenvalue weighted by Crippen LogP contribution is 2.50. The molecule has 2 aromatic rings. The second-order valence-electron chi connectivity index (χ2n) is 6.34. The summed E-state index contributed by atoms with van der Waals surface area (Å²) >= 11 is 0. The molecule has 1 aliphatic carbocycles. The molecule has 0 radical (unpaired) electrons. The molecule has 0 aromatic heterocycles. The van der Waals surface area contributed by atoms with Crippen LogP contribution in [0.1, 0.15) is 38.8 Å². The van der Waals surface area contributed by atoms with Gasteiger partial charge in [-0.15, -0.1) is 0 Å². The van der Waals surface area contributed by atoms with Crippen molar-refractivity contribution in [1.82, 2.24) is 0 Å². The zero-order chi connectivity index (χ0) is 17.4. The minimum atomic E-state index is -1.01. The molecule has 1 aliphatic heterocycles. The summed E-state index contributed by atoms with van der Waals surface area (Å²) in [6.45, 7) is 2.54. The number of azo groups is 1. The quantitative estimate of drug-likeness (QED) is 0.634. The van der Waals surface area contributed by atoms with E-state index in [1.165, 1.54) is 0 Å². The van der Waals surface area contributed by atoms with Gasteiger partial charge < -0.3 is 4.74 Å². The Morgan fingerprint density at radius 1 is 1.12 bits per heavy atom. The number of ketones is 1. The van der Waals surface area contributed by atoms with E-state index >= 15 is 0 Å². The lowest BCUT2D eigenvalue weighted by atomic mass is 9.78. The molecule has 0 spiro atoms. The predicted molar refractivity (Wildman–Crippen MR) is 91.8 cm³/mol. The summed E-state index contributed by atoms with van der Waals surface area (Å²) in [5.74, 6) is -0.652. The third-order valence-corrected chi connectivity index (χ3v) is 5.03. The van der Waals surface area contributed by atoms with E-state index in [0.717, 1.165) is 17.5 Å². The first kappa shape index (κ1) is 15.7. The summed E-state index contributed by atoms with van der Waals surface area (Å²) in [6, 6.07) is 14.7. The van der Waals surface area contributed by atoms with Gasteiger partial charge in [-0.1, -0.05) is 42.5 Å². The summed E-state index contributed by atoms with van der Waals surface area (Å²) in [6.07, 6.45) is 0.774. The van der Waals surface area contributed by atoms with Crippen LogP contribution in [0.25, 0.3) is 0 Å². The maximum atomic E-state index is 13.6. The number of hydrogen-bond acceptors (Lipinski definition) is 5. The molecule has 0 amide bonds. The Labute approximate surface area is 145 Å². The number of fused-ring (bicyclic) bond motifs is 3. The molecule has 0 bridgehead atoms. The average molecular weight is 334 g/mol. The summed E-state index contributed by atoms with van der Waals surface area (Å²) in [4.78, 5) is 25.9. The highest BCUT2D eigenvalue weighted by molar-refractivity contribution is 6.11. The minimum absolute atomic E-state index is 0.00708. The van der Waals surface area contributed by atoms with Gasteiger partial charge in [0.05, 0.1) is 18.7 Å². The van der Waals surface area contributed by atoms with Crippen molar-refractivity contribution in [3.63, 3.8) is 0 Å². The summed E-state index contributed by atoms with van der Waals surface area (Å²) in [5.41, 5.74) is 1.66. The van der Waals surface area contributed by atoms with Gasteiger partial charge in [-0.3, -0.25) is 4.79 Å². The first-order chi connectivity index (χ1) is 12.2. The predicted octanol–water partition coefficient (Wildman–Crippen LogP) is 3.58. The zero-order valence-corrected chi connectivity index (χ0v) is 13.9. The van der Waals surface area contributed by atoms with Gasteiger partial charge in [-0.2, -0.15) is 10.2 Å². The van der Waals surface area contributed by atoms with E-state index in [0.29, 0.717) is 12.1 Å². The van der Waals surface area contributed by atoms with E-state index in [1.54, 1.807) is 31.2 Å². The molecule has 25 heavy (non-hydrogen) atoms. The Kier molecular flexibility index (Phi) is 3.71. The Morgan fingerprint density at radius 3 is 2.64 bits per heavy atom. The zero-order valence-electron chi connectivity index (χ0n) is 13.9. The molecule has 0 saturated heterocycles. The Morgan fingerprint density at radius 2 is 1.84 bits per heavy atom. The van der Waals surface area contributed by atoms with Gasteiger partial charge >= 0.3 is 5.97 Å². The number of nitrogens with zero attached hydrogens (tertiary/aromatic N) is 2. The highest BCUT2D eigenvalue weighted by Gasteiger charge is 2.56. The van der Waals surface area contributed by atoms with Crippen molar-refractivity contribution in [2.45, 2.75) is 18.9 Å². The van der Waals surface area contributed by atoms with Crippen molar-refractivity contribution in [2.75, 3.05) is 13.2 Å². The molecule has 0 saturated carbocycles. The SMILES string of the molecule is CCOC(=O)c1ccccc1C(=O)C12N=NCC1Cc1ccccc12. The van der Waals surface area contributed by atoms with Gasteiger partial charge in [0.2, 0.25) is 0 Å². The monoisotopic (exact) mass is 334 g/mol. The normalized spacial score (nSPS) is 23.2. The first-order valence-corrected chi connectivity index (χ1v) is 8.46. The van der Waals surface area contributed by atoms with E-state index in [2.05, 4.69) is 10.2 Å². The van der Waals surface area contributed by atoms with Crippen LogP contribution in [-0.4, -0.2) is 24.9 Å². The van der Waals surface area contributed by atoms with Gasteiger partial charge in [0.1, 0.15) is 0 Å². The number of benzene rings is 2. The van der Waals surface area contributed by atoms with E-state index < -0.39 is 11.5 Å². The Hall–Kier alpha value is -2.82. The van der Waals surface area contributed by atoms with Crippen LogP contribution in [0.2, 0.25) is 0 Å². The number of carbonyl (C=O) groups excluding carboxylic acids is 2. The van der Waals surface area contributed by atoms with E-state index in [1.807, 2.05) is 24.3 Å². The van der Waals surface area contributed by atoms with Crippen molar-refractivity contribution in [3.05, 3.63) is 70.8 Å². The second kappa shape index (κ2) is 5.92. The van der Waals surface area contributed by atoms with Crippen LogP contribution in [0.15, 0.2) is 58.8 Å². The van der Waals surface area contributed by atoms with Crippen LogP contribution in [0.3, 0.4) is 0 Å². The Bertz CT molecular complexity index is 890. The number of esters is 1. The number of carbonyl (C=O) groups is 2. The van der Waals surface area contributed by atoms with Crippen molar-refractivity contribution in [1.29, 1.82) is 0 Å². The number of rotatable bonds is 4. The lowest BCUT2D eigenvalue weighted by Gasteiger charge is -2.25. The fourth-order valence-corrected chi connectivity index (χ4v) is 3.91. The topological polar surface area (TPSA) is 68.1 Å². The average Bonchev–Trinajstić information content (AvgIpc) is 3.18. The van der Waals surface area contributed by atoms with Gasteiger partial charge in [0.15, 0.2) is 11.3 Å². The number of ether oxygens (including phenoxy) is 1. The Balaban J connectivity index is 1.85. The molecule has 5 nitrogen and oxygen atoms in total. The molecule has 2 aliphatic rings. The van der Waals surface area contributed by atoms with E-state index in [4.69, 9.17) is 4.74 Å². The van der Waals surface area contributed by atoms with Crippen LogP contribution in [0.5, 0.6) is 0 Å². The molecular formula is C20H18N2O3. The minimum Gasteiger partial charge on any atom is -0.462 e. The summed E-state index contributed by atoms with van der Waals surface area (Å²) < 4.78 is 5.11. The molecule has 2 unspecified atom stereocenters. The van der Waals surface area contributed by atoms with Gasteiger partial charge in [-0.05, 0) is 30.5 Å². The summed E-state index contributed by atoms with van der Waals surface area (Å²) in [7, 11) is 0. The molecule has 1 heterocycles. The van der Waals surface area contributed by atoms with E-state index in [-0.39, 0.29) is 23.9 Å². The van der Waals surface area contributed by atoms with Crippen LogP contribution in [0, 0.1) is 5.92 Å². The van der Waals surface area contributed by atoms with E-state index in [9.17, 15) is 9.59 Å². The fourth-order valence-electron chi connectivity index (χ4n) is 3.91. The number of hydrogen-bond donors (Lipinski definition) is 0. The van der Waals surface area contributed by atoms with Gasteiger partial charge in [-0.25, -0.2) is 4.79 Å². The van der Waals surface area contributed by atoms with Gasteiger partial charge in [0, 0.05) is 11.5 Å². The molecule has 126 valence electrons. The third-order valence-electron chi connectivity index (χ3n) is 5.03. The standard InChI is InChI=1S/C20H18N2O3/c1-2-25-19(24)16-9-5-4-8-15(16)18(23)20-14(12-21-22-20)11-13-7-3-6-10-17(13)20/h3-10,14H,2,11-12H2,1H3. The second-order valence-corrected chi connectivity index (χ2v) is 6.34. The van der Waals surface area contributed by atoms with Crippen LogP contribution in [0.4, 0.5) is 0 Å². The third kappa shape index (κ3) is 2.22. The van der Waals surface area contributed by atoms with Crippen molar-refractivity contribution in [3.8, 4) is 0 Å². The number of Topliss-reactive ketones (excluding diaryl/α,β-unsaturated/α-hetero) is 1.